The molecule has 5 nitrogen and oxygen atoms in total. The van der Waals surface area contributed by atoms with Crippen LogP contribution < -0.4 is 5.32 Å². The molecule has 0 fully saturated rings. The first-order valence-corrected chi connectivity index (χ1v) is 8.28. The molecule has 1 amide bonds. The van der Waals surface area contributed by atoms with Gasteiger partial charge in [-0.3, -0.25) is 9.78 Å². The second-order valence-corrected chi connectivity index (χ2v) is 6.21. The number of halogens is 2. The fraction of sp³-hybridized carbons (Fsp3) is 0.111. The molecule has 0 saturated heterocycles. The first kappa shape index (κ1) is 17.3. The molecule has 2 aromatic heterocycles. The van der Waals surface area contributed by atoms with Crippen LogP contribution in [0.1, 0.15) is 29.0 Å². The number of nitrogens with zero attached hydrogens (tertiary/aromatic N) is 3. The molecule has 126 valence electrons. The molecule has 7 heteroatoms. The van der Waals surface area contributed by atoms with Crippen LogP contribution in [0.2, 0.25) is 10.0 Å². The minimum absolute atomic E-state index is 0.190. The average Bonchev–Trinajstić information content (AvgIpc) is 2.64. The van der Waals surface area contributed by atoms with Gasteiger partial charge in [0.15, 0.2) is 0 Å². The Bertz CT molecular complexity index is 903. The highest BCUT2D eigenvalue weighted by molar-refractivity contribution is 6.42. The third-order valence-electron chi connectivity index (χ3n) is 3.65. The first-order valence-electron chi connectivity index (χ1n) is 7.53. The van der Waals surface area contributed by atoms with Crippen molar-refractivity contribution in [1.82, 2.24) is 20.3 Å². The molecule has 2 heterocycles. The maximum absolute atomic E-state index is 12.5. The van der Waals surface area contributed by atoms with E-state index in [0.717, 1.165) is 11.1 Å². The molecule has 0 radical (unpaired) electrons. The molecule has 0 bridgehead atoms. The second-order valence-electron chi connectivity index (χ2n) is 5.40. The highest BCUT2D eigenvalue weighted by Crippen LogP contribution is 2.27. The molecule has 0 unspecified atom stereocenters. The molecule has 3 rings (SSSR count). The van der Waals surface area contributed by atoms with E-state index in [1.165, 1.54) is 6.33 Å². The summed E-state index contributed by atoms with van der Waals surface area (Å²) in [7, 11) is 0. The van der Waals surface area contributed by atoms with Gasteiger partial charge >= 0.3 is 0 Å². The Balaban J connectivity index is 1.81. The van der Waals surface area contributed by atoms with Crippen LogP contribution in [0.5, 0.6) is 0 Å². The molecule has 1 aromatic carbocycles. The van der Waals surface area contributed by atoms with Gasteiger partial charge in [0.05, 0.1) is 21.8 Å². The SMILES string of the molecule is C[C@H](NC(=O)c1cc(-c2ccc(Cl)c(Cl)c2)ncn1)c1cccnc1. The van der Waals surface area contributed by atoms with Gasteiger partial charge in [0.2, 0.25) is 0 Å². The minimum atomic E-state index is -0.292. The molecule has 25 heavy (non-hydrogen) atoms. The van der Waals surface area contributed by atoms with Gasteiger partial charge in [0.1, 0.15) is 12.0 Å². The lowest BCUT2D eigenvalue weighted by Gasteiger charge is -2.13. The molecular weight excluding hydrogens is 359 g/mol. The van der Waals surface area contributed by atoms with E-state index < -0.39 is 0 Å². The summed E-state index contributed by atoms with van der Waals surface area (Å²) in [5.74, 6) is -0.292. The molecule has 0 spiro atoms. The summed E-state index contributed by atoms with van der Waals surface area (Å²) in [6.07, 6.45) is 4.75. The van der Waals surface area contributed by atoms with Crippen molar-refractivity contribution in [3.63, 3.8) is 0 Å². The van der Waals surface area contributed by atoms with E-state index in [2.05, 4.69) is 20.3 Å². The molecule has 0 saturated carbocycles. The van der Waals surface area contributed by atoms with Crippen LogP contribution in [0, 0.1) is 0 Å². The molecule has 3 aromatic rings. The van der Waals surface area contributed by atoms with Gasteiger partial charge in [-0.1, -0.05) is 35.3 Å². The summed E-state index contributed by atoms with van der Waals surface area (Å²) in [6, 6.07) is 10.3. The van der Waals surface area contributed by atoms with Crippen molar-refractivity contribution < 1.29 is 4.79 Å². The van der Waals surface area contributed by atoms with E-state index >= 15 is 0 Å². The number of rotatable bonds is 4. The molecular formula is C18H14Cl2N4O. The number of pyridine rings is 1. The Morgan fingerprint density at radius 1 is 1.12 bits per heavy atom. The van der Waals surface area contributed by atoms with Crippen molar-refractivity contribution >= 4 is 29.1 Å². The molecule has 0 aliphatic rings. The zero-order chi connectivity index (χ0) is 17.8. The van der Waals surface area contributed by atoms with E-state index in [-0.39, 0.29) is 17.6 Å². The zero-order valence-corrected chi connectivity index (χ0v) is 14.8. The van der Waals surface area contributed by atoms with Crippen LogP contribution in [0.3, 0.4) is 0 Å². The predicted octanol–water partition coefficient (Wildman–Crippen LogP) is 4.34. The number of carbonyl (C=O) groups is 1. The Labute approximate surface area is 155 Å². The third-order valence-corrected chi connectivity index (χ3v) is 4.39. The van der Waals surface area contributed by atoms with E-state index in [9.17, 15) is 4.79 Å². The maximum atomic E-state index is 12.5. The van der Waals surface area contributed by atoms with Crippen LogP contribution in [0.15, 0.2) is 55.1 Å². The van der Waals surface area contributed by atoms with E-state index in [1.54, 1.807) is 36.7 Å². The zero-order valence-electron chi connectivity index (χ0n) is 13.3. The van der Waals surface area contributed by atoms with Crippen LogP contribution >= 0.6 is 23.2 Å². The fourth-order valence-corrected chi connectivity index (χ4v) is 2.58. The molecule has 0 aliphatic heterocycles. The van der Waals surface area contributed by atoms with Crippen LogP contribution in [0.25, 0.3) is 11.3 Å². The minimum Gasteiger partial charge on any atom is -0.344 e. The van der Waals surface area contributed by atoms with Crippen molar-refractivity contribution in [2.45, 2.75) is 13.0 Å². The Morgan fingerprint density at radius 2 is 1.96 bits per heavy atom. The number of nitrogens with one attached hydrogen (secondary N) is 1. The normalized spacial score (nSPS) is 11.8. The number of carbonyl (C=O) groups excluding carboxylic acids is 1. The molecule has 0 aliphatic carbocycles. The standard InChI is InChI=1S/C18H14Cl2N4O/c1-11(13-3-2-6-21-9-13)24-18(25)17-8-16(22-10-23-17)12-4-5-14(19)15(20)7-12/h2-11H,1H3,(H,24,25)/t11-/m0/s1. The number of amides is 1. The maximum Gasteiger partial charge on any atom is 0.270 e. The van der Waals surface area contributed by atoms with Crippen LogP contribution in [-0.4, -0.2) is 20.9 Å². The van der Waals surface area contributed by atoms with Crippen LogP contribution in [-0.2, 0) is 0 Å². The van der Waals surface area contributed by atoms with Crippen molar-refractivity contribution in [1.29, 1.82) is 0 Å². The van der Waals surface area contributed by atoms with Crippen molar-refractivity contribution in [3.05, 3.63) is 76.4 Å². The summed E-state index contributed by atoms with van der Waals surface area (Å²) in [4.78, 5) is 24.8. The van der Waals surface area contributed by atoms with E-state index in [0.29, 0.717) is 15.7 Å². The summed E-state index contributed by atoms with van der Waals surface area (Å²) in [6.45, 7) is 1.88. The fourth-order valence-electron chi connectivity index (χ4n) is 2.28. The van der Waals surface area contributed by atoms with Gasteiger partial charge in [-0.2, -0.15) is 0 Å². The smallest absolute Gasteiger partial charge is 0.270 e. The topological polar surface area (TPSA) is 67.8 Å². The number of aromatic nitrogens is 3. The Hall–Kier alpha value is -2.50. The van der Waals surface area contributed by atoms with Crippen molar-refractivity contribution in [3.8, 4) is 11.3 Å². The van der Waals surface area contributed by atoms with Gasteiger partial charge in [0, 0.05) is 18.0 Å². The third kappa shape index (κ3) is 4.13. The number of hydrogen-bond donors (Lipinski definition) is 1. The first-order chi connectivity index (χ1) is 12.0. The predicted molar refractivity (Wildman–Crippen MR) is 97.6 cm³/mol. The quantitative estimate of drug-likeness (QED) is 0.739. The molecule has 1 N–H and O–H groups in total. The van der Waals surface area contributed by atoms with E-state index in [4.69, 9.17) is 23.2 Å². The lowest BCUT2D eigenvalue weighted by Crippen LogP contribution is -2.27. The lowest BCUT2D eigenvalue weighted by atomic mass is 10.1. The summed E-state index contributed by atoms with van der Waals surface area (Å²) < 4.78 is 0. The van der Waals surface area contributed by atoms with Gasteiger partial charge < -0.3 is 5.32 Å². The Morgan fingerprint density at radius 3 is 2.68 bits per heavy atom. The highest BCUT2D eigenvalue weighted by Gasteiger charge is 2.14. The van der Waals surface area contributed by atoms with Gasteiger partial charge in [-0.05, 0) is 36.8 Å². The second kappa shape index (κ2) is 7.59. The lowest BCUT2D eigenvalue weighted by molar-refractivity contribution is 0.0934. The molecule has 1 atom stereocenters. The number of benzene rings is 1. The highest BCUT2D eigenvalue weighted by atomic mass is 35.5. The van der Waals surface area contributed by atoms with Crippen molar-refractivity contribution in [2.75, 3.05) is 0 Å². The van der Waals surface area contributed by atoms with Gasteiger partial charge in [-0.15, -0.1) is 0 Å². The summed E-state index contributed by atoms with van der Waals surface area (Å²) >= 11 is 12.0. The van der Waals surface area contributed by atoms with Gasteiger partial charge in [0.25, 0.3) is 5.91 Å². The number of hydrogen-bond acceptors (Lipinski definition) is 4. The summed E-state index contributed by atoms with van der Waals surface area (Å²) in [5.41, 5.74) is 2.53. The monoisotopic (exact) mass is 372 g/mol. The summed E-state index contributed by atoms with van der Waals surface area (Å²) in [5, 5.41) is 3.78. The largest absolute Gasteiger partial charge is 0.344 e. The average molecular weight is 373 g/mol. The van der Waals surface area contributed by atoms with Crippen LogP contribution in [0.4, 0.5) is 0 Å². The van der Waals surface area contributed by atoms with E-state index in [1.807, 2.05) is 19.1 Å². The Kier molecular flexibility index (Phi) is 5.26. The van der Waals surface area contributed by atoms with Gasteiger partial charge in [-0.25, -0.2) is 9.97 Å². The van der Waals surface area contributed by atoms with Crippen molar-refractivity contribution in [2.24, 2.45) is 0 Å².